The number of carbonyl (C=O) groups excluding carboxylic acids is 1. The van der Waals surface area contributed by atoms with Crippen molar-refractivity contribution < 1.29 is 4.79 Å². The summed E-state index contributed by atoms with van der Waals surface area (Å²) in [6, 6.07) is 7.77. The molecule has 3 N–H and O–H groups in total. The first-order chi connectivity index (χ1) is 19.3. The number of hydrogen-bond donors (Lipinski definition) is 3. The molecule has 0 saturated heterocycles. The highest BCUT2D eigenvalue weighted by Crippen LogP contribution is 2.32. The molecule has 0 aliphatic heterocycles. The second-order valence-electron chi connectivity index (χ2n) is 12.1. The molecule has 0 atom stereocenters. The summed E-state index contributed by atoms with van der Waals surface area (Å²) in [5.41, 5.74) is 3.19. The molecule has 2 heterocycles. The first-order valence-corrected chi connectivity index (χ1v) is 15.9. The van der Waals surface area contributed by atoms with Gasteiger partial charge >= 0.3 is 6.03 Å². The summed E-state index contributed by atoms with van der Waals surface area (Å²) in [6.07, 6.45) is 18.6. The maximum atomic E-state index is 12.4. The van der Waals surface area contributed by atoms with E-state index >= 15 is 0 Å². The van der Waals surface area contributed by atoms with Crippen molar-refractivity contribution in [2.45, 2.75) is 130 Å². The normalized spacial score (nSPS) is 11.8. The van der Waals surface area contributed by atoms with Gasteiger partial charge in [0, 0.05) is 24.1 Å². The minimum Gasteiger partial charge on any atom is -0.338 e. The van der Waals surface area contributed by atoms with Gasteiger partial charge in [-0.05, 0) is 12.0 Å². The molecule has 3 rings (SSSR count). The van der Waals surface area contributed by atoms with Gasteiger partial charge in [0.1, 0.15) is 5.02 Å². The van der Waals surface area contributed by atoms with Gasteiger partial charge in [-0.2, -0.15) is 5.10 Å². The highest BCUT2D eigenvalue weighted by molar-refractivity contribution is 6.34. The third kappa shape index (κ3) is 10.1. The zero-order valence-corrected chi connectivity index (χ0v) is 26.0. The number of aromatic amines is 1. The third-order valence-corrected chi connectivity index (χ3v) is 7.84. The Morgan fingerprint density at radius 3 is 2.00 bits per heavy atom. The Bertz CT molecular complexity index is 1160. The number of nitrogens with zero attached hydrogens (tertiary/aromatic N) is 3. The average Bonchev–Trinajstić information content (AvgIpc) is 3.49. The summed E-state index contributed by atoms with van der Waals surface area (Å²) < 4.78 is 1.56. The monoisotopic (exact) mass is 570 g/mol. The van der Waals surface area contributed by atoms with E-state index in [1.54, 1.807) is 4.63 Å². The zero-order valence-electron chi connectivity index (χ0n) is 25.3. The van der Waals surface area contributed by atoms with Gasteiger partial charge in [0.15, 0.2) is 11.5 Å². The number of benzene rings is 1. The molecule has 8 heteroatoms. The van der Waals surface area contributed by atoms with Crippen LogP contribution in [0, 0.1) is 0 Å². The highest BCUT2D eigenvalue weighted by Gasteiger charge is 2.25. The van der Waals surface area contributed by atoms with E-state index in [1.807, 2.05) is 24.3 Å². The molecular formula is C32H51ClN6O. The second kappa shape index (κ2) is 16.7. The fraction of sp³-hybridized carbons (Fsp3) is 0.656. The van der Waals surface area contributed by atoms with Crippen LogP contribution in [0.3, 0.4) is 0 Å². The van der Waals surface area contributed by atoms with Gasteiger partial charge in [0.05, 0.1) is 5.69 Å². The van der Waals surface area contributed by atoms with E-state index in [-0.39, 0.29) is 11.4 Å². The molecule has 3 aromatic rings. The molecule has 222 valence electrons. The Morgan fingerprint density at radius 1 is 0.850 bits per heavy atom. The van der Waals surface area contributed by atoms with E-state index < -0.39 is 0 Å². The van der Waals surface area contributed by atoms with Crippen LogP contribution in [0.1, 0.15) is 129 Å². The van der Waals surface area contributed by atoms with Crippen LogP contribution in [0.15, 0.2) is 24.3 Å². The van der Waals surface area contributed by atoms with E-state index in [0.717, 1.165) is 23.2 Å². The van der Waals surface area contributed by atoms with E-state index in [2.05, 4.69) is 53.5 Å². The third-order valence-electron chi connectivity index (χ3n) is 7.48. The Morgan fingerprint density at radius 2 is 1.43 bits per heavy atom. The number of carbonyl (C=O) groups is 1. The van der Waals surface area contributed by atoms with Crippen molar-refractivity contribution in [3.05, 3.63) is 40.5 Å². The van der Waals surface area contributed by atoms with Gasteiger partial charge in [0.2, 0.25) is 0 Å². The van der Waals surface area contributed by atoms with Crippen molar-refractivity contribution >= 4 is 23.3 Å². The highest BCUT2D eigenvalue weighted by atomic mass is 35.5. The number of aromatic nitrogens is 4. The van der Waals surface area contributed by atoms with Crippen LogP contribution < -0.4 is 10.6 Å². The lowest BCUT2D eigenvalue weighted by Crippen LogP contribution is -2.35. The minimum atomic E-state index is -0.173. The molecular weight excluding hydrogens is 520 g/mol. The number of H-pyrrole nitrogens is 1. The van der Waals surface area contributed by atoms with E-state index in [1.165, 1.54) is 83.5 Å². The van der Waals surface area contributed by atoms with E-state index in [4.69, 9.17) is 11.6 Å². The first kappa shape index (κ1) is 32.0. The van der Waals surface area contributed by atoms with Gasteiger partial charge in [-0.15, -0.1) is 9.73 Å². The van der Waals surface area contributed by atoms with Gasteiger partial charge in [-0.1, -0.05) is 147 Å². The Balaban J connectivity index is 1.30. The SMILES string of the molecule is CCCCCCCCCCCCCCCCNC(=O)NCc1ccccc1-c1nn2nc(C(C)(C)C)c(Cl)c2[nH]1. The van der Waals surface area contributed by atoms with Crippen molar-refractivity contribution in [1.29, 1.82) is 0 Å². The summed E-state index contributed by atoms with van der Waals surface area (Å²) in [4.78, 5) is 15.7. The summed E-state index contributed by atoms with van der Waals surface area (Å²) in [6.45, 7) is 9.62. The molecule has 0 fully saturated rings. The Kier molecular flexibility index (Phi) is 13.3. The molecule has 7 nitrogen and oxygen atoms in total. The first-order valence-electron chi connectivity index (χ1n) is 15.6. The molecule has 0 aliphatic rings. The zero-order chi connectivity index (χ0) is 28.8. The smallest absolute Gasteiger partial charge is 0.315 e. The second-order valence-corrected chi connectivity index (χ2v) is 12.5. The number of amides is 2. The summed E-state index contributed by atoms with van der Waals surface area (Å²) >= 11 is 6.60. The molecule has 0 bridgehead atoms. The molecule has 2 amide bonds. The van der Waals surface area contributed by atoms with E-state index in [9.17, 15) is 4.79 Å². The van der Waals surface area contributed by atoms with Crippen LogP contribution >= 0.6 is 11.6 Å². The van der Waals surface area contributed by atoms with Gasteiger partial charge in [0.25, 0.3) is 0 Å². The maximum Gasteiger partial charge on any atom is 0.315 e. The molecule has 2 aromatic heterocycles. The van der Waals surface area contributed by atoms with Gasteiger partial charge in [-0.3, -0.25) is 0 Å². The summed E-state index contributed by atoms with van der Waals surface area (Å²) in [5.74, 6) is 0.671. The van der Waals surface area contributed by atoms with Gasteiger partial charge < -0.3 is 15.6 Å². The lowest BCUT2D eigenvalue weighted by molar-refractivity contribution is 0.240. The number of halogens is 1. The largest absolute Gasteiger partial charge is 0.338 e. The van der Waals surface area contributed by atoms with Crippen molar-refractivity contribution in [1.82, 2.24) is 30.4 Å². The molecule has 0 radical (unpaired) electrons. The predicted molar refractivity (Wildman–Crippen MR) is 167 cm³/mol. The molecule has 1 aromatic carbocycles. The Hall–Kier alpha value is -2.54. The average molecular weight is 571 g/mol. The number of fused-ring (bicyclic) bond motifs is 1. The molecule has 0 saturated carbocycles. The summed E-state index contributed by atoms with van der Waals surface area (Å²) in [7, 11) is 0. The topological polar surface area (TPSA) is 87.1 Å². The van der Waals surface area contributed by atoms with Crippen LogP contribution in [-0.2, 0) is 12.0 Å². The van der Waals surface area contributed by atoms with Crippen LogP contribution in [0.5, 0.6) is 0 Å². The quantitative estimate of drug-likeness (QED) is 0.133. The van der Waals surface area contributed by atoms with Crippen LogP contribution in [-0.4, -0.2) is 32.4 Å². The standard InChI is InChI=1S/C32H51ClN6O/c1-5-6-7-8-9-10-11-12-13-14-15-16-17-20-23-34-31(40)35-24-25-21-18-19-22-26(25)29-36-30-27(33)28(32(2,3)4)37-39(30)38-29/h18-19,21-22H,5-17,20,23-24H2,1-4H3,(H,36,38)(H2,34,35,40). The number of rotatable bonds is 18. The van der Waals surface area contributed by atoms with E-state index in [0.29, 0.717) is 29.6 Å². The van der Waals surface area contributed by atoms with Crippen LogP contribution in [0.4, 0.5) is 4.79 Å². The summed E-state index contributed by atoms with van der Waals surface area (Å²) in [5, 5.41) is 15.8. The van der Waals surface area contributed by atoms with Gasteiger partial charge in [-0.25, -0.2) is 4.79 Å². The molecule has 0 unspecified atom stereocenters. The molecule has 0 spiro atoms. The number of hydrogen-bond acceptors (Lipinski definition) is 3. The number of unbranched alkanes of at least 4 members (excludes halogenated alkanes) is 13. The van der Waals surface area contributed by atoms with Crippen molar-refractivity contribution in [2.75, 3.05) is 6.54 Å². The molecule has 40 heavy (non-hydrogen) atoms. The van der Waals surface area contributed by atoms with Crippen LogP contribution in [0.25, 0.3) is 17.0 Å². The maximum absolute atomic E-state index is 12.4. The number of urea groups is 1. The fourth-order valence-electron chi connectivity index (χ4n) is 5.06. The molecule has 0 aliphatic carbocycles. The Labute approximate surface area is 246 Å². The fourth-order valence-corrected chi connectivity index (χ4v) is 5.51. The lowest BCUT2D eigenvalue weighted by atomic mass is 9.92. The van der Waals surface area contributed by atoms with Crippen molar-refractivity contribution in [2.24, 2.45) is 0 Å². The minimum absolute atomic E-state index is 0.142. The van der Waals surface area contributed by atoms with Crippen molar-refractivity contribution in [3.63, 3.8) is 0 Å². The lowest BCUT2D eigenvalue weighted by Gasteiger charge is -2.14. The van der Waals surface area contributed by atoms with Crippen molar-refractivity contribution in [3.8, 4) is 11.4 Å². The number of nitrogens with one attached hydrogen (secondary N) is 3. The van der Waals surface area contributed by atoms with Crippen LogP contribution in [0.2, 0.25) is 5.02 Å². The predicted octanol–water partition coefficient (Wildman–Crippen LogP) is 8.96.